The summed E-state index contributed by atoms with van der Waals surface area (Å²) in [4.78, 5) is 12.8. The molecule has 96 valence electrons. The lowest BCUT2D eigenvalue weighted by molar-refractivity contribution is -0.386. The highest BCUT2D eigenvalue weighted by Crippen LogP contribution is 2.31. The van der Waals surface area contributed by atoms with E-state index in [2.05, 4.69) is 4.90 Å². The molecule has 0 amide bonds. The van der Waals surface area contributed by atoms with Crippen molar-refractivity contribution in [2.75, 3.05) is 20.2 Å². The molecule has 0 spiro atoms. The third kappa shape index (κ3) is 2.61. The summed E-state index contributed by atoms with van der Waals surface area (Å²) in [6, 6.07) is 5.09. The van der Waals surface area contributed by atoms with E-state index in [-0.39, 0.29) is 5.69 Å². The maximum Gasteiger partial charge on any atom is 0.318 e. The van der Waals surface area contributed by atoms with Crippen molar-refractivity contribution in [3.63, 3.8) is 0 Å². The molecule has 1 saturated heterocycles. The minimum Gasteiger partial charge on any atom is -0.490 e. The molecule has 1 aromatic rings. The molecule has 0 aliphatic carbocycles. The third-order valence-corrected chi connectivity index (χ3v) is 3.04. The van der Waals surface area contributed by atoms with Gasteiger partial charge in [-0.25, -0.2) is 0 Å². The predicted octanol–water partition coefficient (Wildman–Crippen LogP) is 2.67. The van der Waals surface area contributed by atoms with Crippen molar-refractivity contribution in [3.05, 3.63) is 40.1 Å². The molecular weight excluding hydrogens is 232 g/mol. The molecule has 1 fully saturated rings. The molecule has 0 radical (unpaired) electrons. The Morgan fingerprint density at radius 3 is 2.72 bits per heavy atom. The Balaban J connectivity index is 2.28. The van der Waals surface area contributed by atoms with Gasteiger partial charge < -0.3 is 9.64 Å². The molecule has 18 heavy (non-hydrogen) atoms. The van der Waals surface area contributed by atoms with Crippen LogP contribution in [0, 0.1) is 10.1 Å². The van der Waals surface area contributed by atoms with E-state index in [0.717, 1.165) is 13.1 Å². The lowest BCUT2D eigenvalue weighted by atomic mass is 10.1. The number of hydrogen-bond donors (Lipinski definition) is 0. The first kappa shape index (κ1) is 12.4. The second-order valence-electron chi connectivity index (χ2n) is 4.21. The number of nitrogens with zero attached hydrogens (tertiary/aromatic N) is 2. The first-order valence-electron chi connectivity index (χ1n) is 5.96. The predicted molar refractivity (Wildman–Crippen MR) is 69.5 cm³/mol. The monoisotopic (exact) mass is 248 g/mol. The van der Waals surface area contributed by atoms with Gasteiger partial charge in [0.2, 0.25) is 0 Å². The highest BCUT2D eigenvalue weighted by Gasteiger charge is 2.18. The number of hydrogen-bond acceptors (Lipinski definition) is 4. The van der Waals surface area contributed by atoms with E-state index in [9.17, 15) is 10.1 Å². The number of nitro benzene ring substituents is 1. The van der Waals surface area contributed by atoms with Crippen LogP contribution in [0.25, 0.3) is 6.08 Å². The average Bonchev–Trinajstić information content (AvgIpc) is 2.88. The Kier molecular flexibility index (Phi) is 3.82. The fraction of sp³-hybridized carbons (Fsp3) is 0.385. The first-order valence-corrected chi connectivity index (χ1v) is 5.96. The van der Waals surface area contributed by atoms with Crippen molar-refractivity contribution in [1.82, 2.24) is 4.90 Å². The molecule has 0 unspecified atom stereocenters. The van der Waals surface area contributed by atoms with Crippen LogP contribution in [0.3, 0.4) is 0 Å². The molecule has 0 N–H and O–H groups in total. The van der Waals surface area contributed by atoms with Crippen molar-refractivity contribution in [2.24, 2.45) is 0 Å². The van der Waals surface area contributed by atoms with E-state index in [1.54, 1.807) is 24.3 Å². The molecule has 5 nitrogen and oxygen atoms in total. The number of para-hydroxylation sites is 1. The van der Waals surface area contributed by atoms with E-state index < -0.39 is 4.92 Å². The van der Waals surface area contributed by atoms with Crippen LogP contribution >= 0.6 is 0 Å². The van der Waals surface area contributed by atoms with E-state index in [0.29, 0.717) is 11.3 Å². The molecule has 5 heteroatoms. The van der Waals surface area contributed by atoms with Gasteiger partial charge in [-0.1, -0.05) is 6.07 Å². The van der Waals surface area contributed by atoms with Crippen LogP contribution in [0.5, 0.6) is 5.75 Å². The van der Waals surface area contributed by atoms with Crippen LogP contribution in [0.1, 0.15) is 18.4 Å². The van der Waals surface area contributed by atoms with Gasteiger partial charge in [0, 0.05) is 13.1 Å². The lowest BCUT2D eigenvalue weighted by Gasteiger charge is -2.10. The number of ether oxygens (including phenoxy) is 1. The van der Waals surface area contributed by atoms with Gasteiger partial charge in [-0.2, -0.15) is 0 Å². The van der Waals surface area contributed by atoms with Gasteiger partial charge in [0.05, 0.1) is 17.6 Å². The molecule has 0 bridgehead atoms. The molecule has 0 aromatic heterocycles. The molecule has 1 aromatic carbocycles. The number of rotatable bonds is 4. The van der Waals surface area contributed by atoms with Crippen LogP contribution in [0.15, 0.2) is 24.4 Å². The average molecular weight is 248 g/mol. The highest BCUT2D eigenvalue weighted by atomic mass is 16.6. The molecule has 1 aliphatic rings. The van der Waals surface area contributed by atoms with Gasteiger partial charge in [0.1, 0.15) is 0 Å². The SMILES string of the molecule is COc1cccc(C=CN2CCCC2)c1[N+](=O)[O-]. The van der Waals surface area contributed by atoms with Crippen LogP contribution in [-0.2, 0) is 0 Å². The summed E-state index contributed by atoms with van der Waals surface area (Å²) >= 11 is 0. The fourth-order valence-electron chi connectivity index (χ4n) is 2.11. The van der Waals surface area contributed by atoms with Gasteiger partial charge in [-0.05, 0) is 37.3 Å². The van der Waals surface area contributed by atoms with Crippen molar-refractivity contribution in [1.29, 1.82) is 0 Å². The zero-order valence-corrected chi connectivity index (χ0v) is 10.3. The topological polar surface area (TPSA) is 55.6 Å². The number of nitro groups is 1. The van der Waals surface area contributed by atoms with E-state index >= 15 is 0 Å². The quantitative estimate of drug-likeness (QED) is 0.607. The van der Waals surface area contributed by atoms with Crippen molar-refractivity contribution in [2.45, 2.75) is 12.8 Å². The zero-order chi connectivity index (χ0) is 13.0. The van der Waals surface area contributed by atoms with Gasteiger partial charge in [-0.15, -0.1) is 0 Å². The smallest absolute Gasteiger partial charge is 0.318 e. The van der Waals surface area contributed by atoms with Crippen LogP contribution in [-0.4, -0.2) is 30.0 Å². The minimum absolute atomic E-state index is 0.0236. The first-order chi connectivity index (χ1) is 8.72. The van der Waals surface area contributed by atoms with Gasteiger partial charge in [0.25, 0.3) is 0 Å². The summed E-state index contributed by atoms with van der Waals surface area (Å²) in [7, 11) is 1.44. The molecule has 1 aliphatic heterocycles. The highest BCUT2D eigenvalue weighted by molar-refractivity contribution is 5.66. The number of likely N-dealkylation sites (tertiary alicyclic amines) is 1. The standard InChI is InChI=1S/C13H16N2O3/c1-18-12-6-4-5-11(13(12)15(16)17)7-10-14-8-2-3-9-14/h4-7,10H,2-3,8-9H2,1H3. The maximum absolute atomic E-state index is 11.1. The normalized spacial score (nSPS) is 15.3. The molecule has 0 saturated carbocycles. The summed E-state index contributed by atoms with van der Waals surface area (Å²) in [6.07, 6.45) is 6.08. The van der Waals surface area contributed by atoms with Crippen molar-refractivity contribution in [3.8, 4) is 5.75 Å². The summed E-state index contributed by atoms with van der Waals surface area (Å²) in [6.45, 7) is 2.04. The minimum atomic E-state index is -0.400. The second kappa shape index (κ2) is 5.53. The van der Waals surface area contributed by atoms with Gasteiger partial charge >= 0.3 is 5.69 Å². The van der Waals surface area contributed by atoms with Crippen LogP contribution in [0.2, 0.25) is 0 Å². The summed E-state index contributed by atoms with van der Waals surface area (Å²) in [5, 5.41) is 11.1. The van der Waals surface area contributed by atoms with Crippen LogP contribution in [0.4, 0.5) is 5.69 Å². The fourth-order valence-corrected chi connectivity index (χ4v) is 2.11. The Morgan fingerprint density at radius 2 is 2.11 bits per heavy atom. The van der Waals surface area contributed by atoms with Gasteiger partial charge in [0.15, 0.2) is 5.75 Å². The lowest BCUT2D eigenvalue weighted by Crippen LogP contribution is -2.10. The third-order valence-electron chi connectivity index (χ3n) is 3.04. The van der Waals surface area contributed by atoms with Crippen molar-refractivity contribution >= 4 is 11.8 Å². The summed E-state index contributed by atoms with van der Waals surface area (Å²) in [5.41, 5.74) is 0.599. The molecule has 1 heterocycles. The molecule has 2 rings (SSSR count). The number of methoxy groups -OCH3 is 1. The Labute approximate surface area is 106 Å². The summed E-state index contributed by atoms with van der Waals surface area (Å²) < 4.78 is 5.03. The largest absolute Gasteiger partial charge is 0.490 e. The van der Waals surface area contributed by atoms with Crippen LogP contribution < -0.4 is 4.74 Å². The maximum atomic E-state index is 11.1. The van der Waals surface area contributed by atoms with E-state index in [4.69, 9.17) is 4.74 Å². The molecular formula is C13H16N2O3. The van der Waals surface area contributed by atoms with E-state index in [1.165, 1.54) is 20.0 Å². The Morgan fingerprint density at radius 1 is 1.39 bits per heavy atom. The van der Waals surface area contributed by atoms with E-state index in [1.807, 2.05) is 6.20 Å². The Bertz CT molecular complexity index is 465. The Hall–Kier alpha value is -2.04. The zero-order valence-electron chi connectivity index (χ0n) is 10.3. The molecule has 0 atom stereocenters. The summed E-state index contributed by atoms with van der Waals surface area (Å²) in [5.74, 6) is 0.295. The van der Waals surface area contributed by atoms with Gasteiger partial charge in [-0.3, -0.25) is 10.1 Å². The van der Waals surface area contributed by atoms with Crippen molar-refractivity contribution < 1.29 is 9.66 Å². The second-order valence-corrected chi connectivity index (χ2v) is 4.21. The number of benzene rings is 1.